The quantitative estimate of drug-likeness (QED) is 0.233. The fourth-order valence-corrected chi connectivity index (χ4v) is 5.36. The summed E-state index contributed by atoms with van der Waals surface area (Å²) in [6.07, 6.45) is 0. The van der Waals surface area contributed by atoms with Gasteiger partial charge in [0.2, 0.25) is 0 Å². The van der Waals surface area contributed by atoms with E-state index in [2.05, 4.69) is 152 Å². The van der Waals surface area contributed by atoms with Gasteiger partial charge in [-0.3, -0.25) is 0 Å². The standard InChI is InChI=1S/C36H41N/c1-34(2,3)26-21-25(22-27(23-26)35(4,5)6)24-17-19-28(20-18-24)37-32-16-11-10-13-29(32)30-14-12-15-31(33(30)37)36(7,8)9/h10-23H,1-9H3. The second-order valence-electron chi connectivity index (χ2n) is 13.7. The molecule has 0 spiro atoms. The molecule has 1 heteroatoms. The molecule has 0 aliphatic carbocycles. The Morgan fingerprint density at radius 2 is 1.05 bits per heavy atom. The van der Waals surface area contributed by atoms with Crippen LogP contribution in [0.1, 0.15) is 79.0 Å². The van der Waals surface area contributed by atoms with Crippen molar-refractivity contribution in [2.75, 3.05) is 0 Å². The lowest BCUT2D eigenvalue weighted by Gasteiger charge is -2.26. The number of hydrogen-bond acceptors (Lipinski definition) is 0. The third kappa shape index (κ3) is 4.61. The first-order valence-electron chi connectivity index (χ1n) is 13.5. The van der Waals surface area contributed by atoms with Crippen LogP contribution < -0.4 is 0 Å². The lowest BCUT2D eigenvalue weighted by Crippen LogP contribution is -2.16. The average Bonchev–Trinajstić information content (AvgIpc) is 3.17. The van der Waals surface area contributed by atoms with Crippen LogP contribution >= 0.6 is 0 Å². The molecule has 5 rings (SSSR count). The maximum atomic E-state index is 2.46. The molecule has 0 aliphatic heterocycles. The van der Waals surface area contributed by atoms with Gasteiger partial charge in [0, 0.05) is 16.5 Å². The molecule has 0 fully saturated rings. The van der Waals surface area contributed by atoms with E-state index in [9.17, 15) is 0 Å². The lowest BCUT2D eigenvalue weighted by atomic mass is 9.79. The predicted octanol–water partition coefficient (Wildman–Crippen LogP) is 10.3. The molecule has 1 heterocycles. The van der Waals surface area contributed by atoms with Crippen LogP contribution in [0.15, 0.2) is 84.9 Å². The average molecular weight is 488 g/mol. The zero-order chi connectivity index (χ0) is 26.8. The molecule has 1 nitrogen and oxygen atoms in total. The van der Waals surface area contributed by atoms with Crippen LogP contribution in [0.2, 0.25) is 0 Å². The number of aromatic nitrogens is 1. The number of nitrogens with zero attached hydrogens (tertiary/aromatic N) is 1. The molecule has 190 valence electrons. The Balaban J connectivity index is 1.71. The molecule has 0 radical (unpaired) electrons. The molecule has 0 unspecified atom stereocenters. The van der Waals surface area contributed by atoms with Gasteiger partial charge in [-0.2, -0.15) is 0 Å². The summed E-state index contributed by atoms with van der Waals surface area (Å²) in [7, 11) is 0. The molecular weight excluding hydrogens is 446 g/mol. The van der Waals surface area contributed by atoms with Crippen LogP contribution in [0.25, 0.3) is 38.6 Å². The summed E-state index contributed by atoms with van der Waals surface area (Å²) in [6, 6.07) is 31.9. The van der Waals surface area contributed by atoms with E-state index in [1.165, 1.54) is 55.3 Å². The third-order valence-corrected chi connectivity index (χ3v) is 7.63. The smallest absolute Gasteiger partial charge is 0.0578 e. The highest BCUT2D eigenvalue weighted by atomic mass is 15.0. The van der Waals surface area contributed by atoms with Gasteiger partial charge in [0.05, 0.1) is 11.0 Å². The number of fused-ring (bicyclic) bond motifs is 3. The van der Waals surface area contributed by atoms with Crippen molar-refractivity contribution in [3.8, 4) is 16.8 Å². The maximum absolute atomic E-state index is 2.46. The minimum atomic E-state index is 0.0440. The van der Waals surface area contributed by atoms with Gasteiger partial charge < -0.3 is 4.57 Å². The van der Waals surface area contributed by atoms with Crippen molar-refractivity contribution in [3.05, 3.63) is 102 Å². The molecule has 0 aliphatic rings. The van der Waals surface area contributed by atoms with Gasteiger partial charge in [-0.15, -0.1) is 0 Å². The summed E-state index contributed by atoms with van der Waals surface area (Å²) in [5.41, 5.74) is 10.7. The first-order valence-corrected chi connectivity index (χ1v) is 13.5. The summed E-state index contributed by atoms with van der Waals surface area (Å²) >= 11 is 0. The van der Waals surface area contributed by atoms with Gasteiger partial charge in [-0.05, 0) is 62.3 Å². The van der Waals surface area contributed by atoms with E-state index < -0.39 is 0 Å². The SMILES string of the molecule is CC(C)(C)c1cc(-c2ccc(-n3c4ccccc4c4cccc(C(C)(C)C)c43)cc2)cc(C(C)(C)C)c1. The van der Waals surface area contributed by atoms with E-state index in [0.717, 1.165) is 0 Å². The highest BCUT2D eigenvalue weighted by Gasteiger charge is 2.23. The van der Waals surface area contributed by atoms with E-state index in [4.69, 9.17) is 0 Å². The van der Waals surface area contributed by atoms with Gasteiger partial charge in [-0.25, -0.2) is 0 Å². The lowest BCUT2D eigenvalue weighted by molar-refractivity contribution is 0.569. The van der Waals surface area contributed by atoms with Gasteiger partial charge in [0.15, 0.2) is 0 Å². The molecule has 5 aromatic rings. The summed E-state index contributed by atoms with van der Waals surface area (Å²) < 4.78 is 2.46. The summed E-state index contributed by atoms with van der Waals surface area (Å²) in [6.45, 7) is 20.7. The Kier molecular flexibility index (Phi) is 5.90. The van der Waals surface area contributed by atoms with Crippen LogP contribution in [0.4, 0.5) is 0 Å². The first-order chi connectivity index (χ1) is 17.2. The molecule has 0 saturated heterocycles. The second kappa shape index (κ2) is 8.62. The van der Waals surface area contributed by atoms with Crippen molar-refractivity contribution in [1.29, 1.82) is 0 Å². The van der Waals surface area contributed by atoms with Crippen molar-refractivity contribution in [1.82, 2.24) is 4.57 Å². The highest BCUT2D eigenvalue weighted by molar-refractivity contribution is 6.10. The van der Waals surface area contributed by atoms with Crippen LogP contribution in [0.5, 0.6) is 0 Å². The first kappa shape index (κ1) is 25.3. The Labute approximate surface area is 223 Å². The normalized spacial score (nSPS) is 13.0. The van der Waals surface area contributed by atoms with E-state index in [0.29, 0.717) is 0 Å². The maximum Gasteiger partial charge on any atom is 0.0578 e. The Hall–Kier alpha value is -3.32. The molecule has 0 saturated carbocycles. The monoisotopic (exact) mass is 487 g/mol. The Morgan fingerprint density at radius 1 is 0.486 bits per heavy atom. The van der Waals surface area contributed by atoms with Crippen LogP contribution in [0.3, 0.4) is 0 Å². The highest BCUT2D eigenvalue weighted by Crippen LogP contribution is 2.39. The molecule has 0 N–H and O–H groups in total. The third-order valence-electron chi connectivity index (χ3n) is 7.63. The van der Waals surface area contributed by atoms with Gasteiger partial charge in [-0.1, -0.05) is 129 Å². The fraction of sp³-hybridized carbons (Fsp3) is 0.333. The molecule has 0 bridgehead atoms. The topological polar surface area (TPSA) is 4.93 Å². The summed E-state index contributed by atoms with van der Waals surface area (Å²) in [4.78, 5) is 0. The van der Waals surface area contributed by atoms with E-state index in [-0.39, 0.29) is 16.2 Å². The van der Waals surface area contributed by atoms with E-state index in [1.807, 2.05) is 0 Å². The number of para-hydroxylation sites is 2. The zero-order valence-electron chi connectivity index (χ0n) is 24.0. The van der Waals surface area contributed by atoms with Gasteiger partial charge in [0.25, 0.3) is 0 Å². The second-order valence-corrected chi connectivity index (χ2v) is 13.7. The largest absolute Gasteiger partial charge is 0.309 e. The number of benzene rings is 4. The van der Waals surface area contributed by atoms with Crippen molar-refractivity contribution in [2.24, 2.45) is 0 Å². The van der Waals surface area contributed by atoms with E-state index in [1.54, 1.807) is 0 Å². The Bertz CT molecular complexity index is 1560. The van der Waals surface area contributed by atoms with Crippen molar-refractivity contribution < 1.29 is 0 Å². The van der Waals surface area contributed by atoms with E-state index >= 15 is 0 Å². The molecule has 0 amide bonds. The molecule has 0 atom stereocenters. The van der Waals surface area contributed by atoms with Gasteiger partial charge >= 0.3 is 0 Å². The number of hydrogen-bond donors (Lipinski definition) is 0. The molecule has 37 heavy (non-hydrogen) atoms. The zero-order valence-corrected chi connectivity index (χ0v) is 24.0. The Morgan fingerprint density at radius 3 is 1.62 bits per heavy atom. The van der Waals surface area contributed by atoms with Crippen molar-refractivity contribution in [3.63, 3.8) is 0 Å². The molecular formula is C36H41N. The minimum absolute atomic E-state index is 0.0440. The summed E-state index contributed by atoms with van der Waals surface area (Å²) in [5, 5.41) is 2.63. The molecule has 4 aromatic carbocycles. The summed E-state index contributed by atoms with van der Waals surface area (Å²) in [5.74, 6) is 0. The fourth-order valence-electron chi connectivity index (χ4n) is 5.36. The molecule has 1 aromatic heterocycles. The minimum Gasteiger partial charge on any atom is -0.309 e. The van der Waals surface area contributed by atoms with Gasteiger partial charge in [0.1, 0.15) is 0 Å². The van der Waals surface area contributed by atoms with Crippen LogP contribution in [-0.2, 0) is 16.2 Å². The number of rotatable bonds is 2. The van der Waals surface area contributed by atoms with Crippen molar-refractivity contribution in [2.45, 2.75) is 78.6 Å². The predicted molar refractivity (Wildman–Crippen MR) is 162 cm³/mol. The van der Waals surface area contributed by atoms with Crippen LogP contribution in [-0.4, -0.2) is 4.57 Å². The van der Waals surface area contributed by atoms with Crippen molar-refractivity contribution >= 4 is 21.8 Å². The van der Waals surface area contributed by atoms with Crippen LogP contribution in [0, 0.1) is 0 Å².